The maximum Gasteiger partial charge on any atom is 0.280 e. The first kappa shape index (κ1) is 19.8. The third-order valence-corrected chi connectivity index (χ3v) is 4.88. The second-order valence-corrected chi connectivity index (χ2v) is 6.97. The van der Waals surface area contributed by atoms with Crippen LogP contribution in [0.15, 0.2) is 59.4 Å². The molecule has 0 unspecified atom stereocenters. The molecule has 154 valence electrons. The van der Waals surface area contributed by atoms with E-state index in [9.17, 15) is 14.0 Å². The van der Waals surface area contributed by atoms with Crippen molar-refractivity contribution in [3.8, 4) is 5.69 Å². The molecule has 30 heavy (non-hydrogen) atoms. The summed E-state index contributed by atoms with van der Waals surface area (Å²) in [5.41, 5.74) is 1.28. The van der Waals surface area contributed by atoms with Crippen molar-refractivity contribution in [2.75, 3.05) is 36.5 Å². The van der Waals surface area contributed by atoms with Crippen LogP contribution in [0.3, 0.4) is 0 Å². The van der Waals surface area contributed by atoms with Gasteiger partial charge >= 0.3 is 0 Å². The molecule has 1 N–H and O–H groups in total. The van der Waals surface area contributed by atoms with Crippen LogP contribution in [0, 0.1) is 12.7 Å². The van der Waals surface area contributed by atoms with Crippen LogP contribution >= 0.6 is 0 Å². The Morgan fingerprint density at radius 1 is 1.10 bits per heavy atom. The predicted octanol–water partition coefficient (Wildman–Crippen LogP) is 2.77. The average molecular weight is 408 g/mol. The van der Waals surface area contributed by atoms with Gasteiger partial charge < -0.3 is 15.0 Å². The molecule has 0 spiro atoms. The molecule has 0 radical (unpaired) electrons. The third-order valence-electron chi connectivity index (χ3n) is 4.88. The number of aromatic nitrogens is 2. The quantitative estimate of drug-likeness (QED) is 0.719. The van der Waals surface area contributed by atoms with Gasteiger partial charge in [0.05, 0.1) is 24.6 Å². The number of hydrogen-bond donors (Lipinski definition) is 1. The lowest BCUT2D eigenvalue weighted by atomic mass is 10.2. The zero-order chi connectivity index (χ0) is 21.1. The second-order valence-electron chi connectivity index (χ2n) is 6.97. The van der Waals surface area contributed by atoms with Gasteiger partial charge in [0.1, 0.15) is 5.82 Å². The summed E-state index contributed by atoms with van der Waals surface area (Å²) in [5, 5.41) is 6.80. The lowest BCUT2D eigenvalue weighted by Crippen LogP contribution is -2.36. The number of aryl methyl sites for hydroxylation is 1. The molecule has 4 rings (SSSR count). The van der Waals surface area contributed by atoms with Crippen molar-refractivity contribution in [3.63, 3.8) is 0 Å². The van der Waals surface area contributed by atoms with E-state index in [4.69, 9.17) is 4.74 Å². The van der Waals surface area contributed by atoms with E-state index in [0.29, 0.717) is 37.7 Å². The highest BCUT2D eigenvalue weighted by molar-refractivity contribution is 6.02. The van der Waals surface area contributed by atoms with Gasteiger partial charge in [0.2, 0.25) is 5.43 Å². The molecule has 1 fully saturated rings. The van der Waals surface area contributed by atoms with Crippen LogP contribution in [-0.4, -0.2) is 42.0 Å². The molecule has 1 saturated heterocycles. The van der Waals surface area contributed by atoms with E-state index in [-0.39, 0.29) is 11.4 Å². The van der Waals surface area contributed by atoms with Crippen LogP contribution in [0.25, 0.3) is 5.69 Å². The van der Waals surface area contributed by atoms with Crippen molar-refractivity contribution in [1.82, 2.24) is 9.78 Å². The molecule has 2 heterocycles. The van der Waals surface area contributed by atoms with E-state index in [0.717, 1.165) is 5.69 Å². The normalized spacial score (nSPS) is 13.9. The van der Waals surface area contributed by atoms with Crippen LogP contribution in [-0.2, 0) is 4.74 Å². The largest absolute Gasteiger partial charge is 0.378 e. The van der Waals surface area contributed by atoms with E-state index in [1.54, 1.807) is 19.1 Å². The highest BCUT2D eigenvalue weighted by Crippen LogP contribution is 2.24. The highest BCUT2D eigenvalue weighted by atomic mass is 19.1. The Kier molecular flexibility index (Phi) is 5.58. The summed E-state index contributed by atoms with van der Waals surface area (Å²) in [7, 11) is 0. The van der Waals surface area contributed by atoms with Crippen LogP contribution in [0.2, 0.25) is 0 Å². The summed E-state index contributed by atoms with van der Waals surface area (Å²) in [4.78, 5) is 26.9. The molecule has 1 aliphatic rings. The van der Waals surface area contributed by atoms with Gasteiger partial charge in [0, 0.05) is 30.5 Å². The Morgan fingerprint density at radius 2 is 1.83 bits per heavy atom. The van der Waals surface area contributed by atoms with Gasteiger partial charge in [-0.05, 0) is 37.3 Å². The first-order chi connectivity index (χ1) is 14.5. The molecular formula is C22H21FN4O3. The van der Waals surface area contributed by atoms with E-state index < -0.39 is 17.2 Å². The molecule has 8 heteroatoms. The minimum Gasteiger partial charge on any atom is -0.378 e. The van der Waals surface area contributed by atoms with Crippen molar-refractivity contribution in [2.24, 2.45) is 0 Å². The molecule has 3 aromatic rings. The fraction of sp³-hybridized carbons (Fsp3) is 0.227. The molecule has 0 bridgehead atoms. The summed E-state index contributed by atoms with van der Waals surface area (Å²) in [6, 6.07) is 15.0. The van der Waals surface area contributed by atoms with Gasteiger partial charge in [-0.1, -0.05) is 18.2 Å². The molecule has 1 aromatic heterocycles. The predicted molar refractivity (Wildman–Crippen MR) is 112 cm³/mol. The van der Waals surface area contributed by atoms with E-state index in [2.05, 4.69) is 10.4 Å². The van der Waals surface area contributed by atoms with Gasteiger partial charge in [-0.25, -0.2) is 9.07 Å². The number of halogens is 1. The molecule has 0 saturated carbocycles. The number of anilines is 2. The van der Waals surface area contributed by atoms with Crippen molar-refractivity contribution < 1.29 is 13.9 Å². The van der Waals surface area contributed by atoms with Crippen molar-refractivity contribution in [1.29, 1.82) is 0 Å². The Bertz CT molecular complexity index is 1120. The van der Waals surface area contributed by atoms with Crippen LogP contribution in [0.4, 0.5) is 15.8 Å². The Labute approximate surface area is 172 Å². The SMILES string of the molecule is Cc1cc(=O)c(C(=O)Nc2ccc(N3CCOCC3)c(F)c2)nn1-c1ccccc1. The van der Waals surface area contributed by atoms with Crippen molar-refractivity contribution in [2.45, 2.75) is 6.92 Å². The lowest BCUT2D eigenvalue weighted by Gasteiger charge is -2.29. The van der Waals surface area contributed by atoms with E-state index >= 15 is 0 Å². The Morgan fingerprint density at radius 3 is 2.53 bits per heavy atom. The first-order valence-electron chi connectivity index (χ1n) is 9.63. The second kappa shape index (κ2) is 8.46. The zero-order valence-corrected chi connectivity index (χ0v) is 16.5. The monoisotopic (exact) mass is 408 g/mol. The highest BCUT2D eigenvalue weighted by Gasteiger charge is 2.18. The average Bonchev–Trinajstić information content (AvgIpc) is 2.75. The van der Waals surface area contributed by atoms with Crippen LogP contribution < -0.4 is 15.6 Å². The third kappa shape index (κ3) is 4.08. The lowest BCUT2D eigenvalue weighted by molar-refractivity contribution is 0.101. The first-order valence-corrected chi connectivity index (χ1v) is 9.63. The van der Waals surface area contributed by atoms with Gasteiger partial charge in [0.15, 0.2) is 5.69 Å². The summed E-state index contributed by atoms with van der Waals surface area (Å²) in [6.07, 6.45) is 0. The molecule has 0 aliphatic carbocycles. The number of carbonyl (C=O) groups excluding carboxylic acids is 1. The maximum absolute atomic E-state index is 14.6. The molecule has 2 aromatic carbocycles. The van der Waals surface area contributed by atoms with Crippen molar-refractivity contribution in [3.05, 3.63) is 82.0 Å². The number of carbonyl (C=O) groups is 1. The minimum atomic E-state index is -0.691. The number of nitrogens with zero attached hydrogens (tertiary/aromatic N) is 3. The number of para-hydroxylation sites is 1. The van der Waals surface area contributed by atoms with Gasteiger partial charge in [-0.3, -0.25) is 9.59 Å². The van der Waals surface area contributed by atoms with Crippen molar-refractivity contribution >= 4 is 17.3 Å². The molecule has 7 nitrogen and oxygen atoms in total. The van der Waals surface area contributed by atoms with Crippen LogP contribution in [0.5, 0.6) is 0 Å². The summed E-state index contributed by atoms with van der Waals surface area (Å²) < 4.78 is 21.4. The van der Waals surface area contributed by atoms with Gasteiger partial charge in [-0.2, -0.15) is 5.10 Å². The number of nitrogens with one attached hydrogen (secondary N) is 1. The standard InChI is InChI=1S/C22H21FN4O3/c1-15-13-20(28)21(25-27(15)17-5-3-2-4-6-17)22(29)24-16-7-8-19(18(23)14-16)26-9-11-30-12-10-26/h2-8,13-14H,9-12H2,1H3,(H,24,29). The summed E-state index contributed by atoms with van der Waals surface area (Å²) in [6.45, 7) is 4.04. The van der Waals surface area contributed by atoms with Crippen LogP contribution in [0.1, 0.15) is 16.2 Å². The van der Waals surface area contributed by atoms with E-state index in [1.165, 1.54) is 16.8 Å². The van der Waals surface area contributed by atoms with Gasteiger partial charge in [0.25, 0.3) is 5.91 Å². The fourth-order valence-corrected chi connectivity index (χ4v) is 3.37. The Balaban J connectivity index is 1.58. The van der Waals surface area contributed by atoms with E-state index in [1.807, 2.05) is 35.2 Å². The number of hydrogen-bond acceptors (Lipinski definition) is 5. The number of morpholine rings is 1. The number of benzene rings is 2. The molecule has 1 aliphatic heterocycles. The maximum atomic E-state index is 14.6. The molecule has 1 amide bonds. The fourth-order valence-electron chi connectivity index (χ4n) is 3.37. The minimum absolute atomic E-state index is 0.252. The Hall–Kier alpha value is -3.52. The van der Waals surface area contributed by atoms with Gasteiger partial charge in [-0.15, -0.1) is 0 Å². The topological polar surface area (TPSA) is 76.5 Å². The number of ether oxygens (including phenoxy) is 1. The smallest absolute Gasteiger partial charge is 0.280 e. The summed E-state index contributed by atoms with van der Waals surface area (Å²) in [5.74, 6) is -1.14. The molecular weight excluding hydrogens is 387 g/mol. The molecule has 0 atom stereocenters. The number of rotatable bonds is 4. The zero-order valence-electron chi connectivity index (χ0n) is 16.5. The number of amides is 1. The summed E-state index contributed by atoms with van der Waals surface area (Å²) >= 11 is 0.